The summed E-state index contributed by atoms with van der Waals surface area (Å²) in [6.07, 6.45) is 21.0. The number of carbonyl (C=O) groups excluding carboxylic acids is 1. The van der Waals surface area contributed by atoms with E-state index < -0.39 is 12.2 Å². The number of amidine groups is 1. The highest BCUT2D eigenvalue weighted by Gasteiger charge is 2.25. The predicted octanol–water partition coefficient (Wildman–Crippen LogP) is 5.74. The maximum absolute atomic E-state index is 12.2. The van der Waals surface area contributed by atoms with Crippen LogP contribution in [-0.2, 0) is 9.59 Å². The van der Waals surface area contributed by atoms with Crippen molar-refractivity contribution in [2.24, 2.45) is 4.99 Å². The molecular weight excluding hydrogens is 392 g/mol. The fourth-order valence-corrected chi connectivity index (χ4v) is 3.54. The second-order valence-corrected chi connectivity index (χ2v) is 8.31. The number of nitrogens with zero attached hydrogens (tertiary/aromatic N) is 2. The van der Waals surface area contributed by atoms with Crippen molar-refractivity contribution in [3.8, 4) is 0 Å². The maximum Gasteiger partial charge on any atom is 0.300 e. The van der Waals surface area contributed by atoms with Crippen LogP contribution in [0.2, 0.25) is 0 Å². The van der Waals surface area contributed by atoms with Gasteiger partial charge in [-0.15, -0.1) is 0 Å². The number of Topliss-reactive ketones (excluding diaryl/α,β-unsaturated/α-hetero) is 1. The van der Waals surface area contributed by atoms with E-state index in [0.717, 1.165) is 19.8 Å². The molecule has 180 valence electrons. The largest absolute Gasteiger partial charge is 0.481 e. The van der Waals surface area contributed by atoms with E-state index in [1.54, 1.807) is 11.8 Å². The van der Waals surface area contributed by atoms with Gasteiger partial charge in [-0.3, -0.25) is 14.6 Å². The standard InChI is InChI=1S/C23H42N2O2.C2H4O2/c1-3-4-5-6-7-8-9-10-11-12-13-14-15-16-17-18-22(27)23-24-19-20-25(23)21(2)26;1-2(3)4/h10-11,21,26H,3-9,12-20H2,1-2H3;1H3,(H,3,4). The summed E-state index contributed by atoms with van der Waals surface area (Å²) in [5.41, 5.74) is 0. The van der Waals surface area contributed by atoms with Crippen LogP contribution >= 0.6 is 0 Å². The first kappa shape index (κ1) is 29.3. The summed E-state index contributed by atoms with van der Waals surface area (Å²) in [5.74, 6) is -0.258. The number of rotatable bonds is 17. The van der Waals surface area contributed by atoms with E-state index in [4.69, 9.17) is 9.90 Å². The number of aliphatic imine (C=N–C) groups is 1. The molecule has 1 aliphatic rings. The molecule has 0 saturated carbocycles. The first-order chi connectivity index (χ1) is 14.9. The molecule has 0 aromatic heterocycles. The quantitative estimate of drug-likeness (QED) is 0.223. The Morgan fingerprint density at radius 3 is 1.97 bits per heavy atom. The Hall–Kier alpha value is -1.69. The number of carboxylic acids is 1. The Bertz CT molecular complexity index is 526. The molecule has 0 aliphatic carbocycles. The summed E-state index contributed by atoms with van der Waals surface area (Å²) in [6.45, 7) is 6.32. The Morgan fingerprint density at radius 2 is 1.45 bits per heavy atom. The molecule has 6 heteroatoms. The van der Waals surface area contributed by atoms with Crippen LogP contribution in [0.4, 0.5) is 0 Å². The fraction of sp³-hybridized carbons (Fsp3) is 0.800. The molecule has 2 N–H and O–H groups in total. The van der Waals surface area contributed by atoms with Gasteiger partial charge in [0.2, 0.25) is 0 Å². The van der Waals surface area contributed by atoms with Crippen molar-refractivity contribution >= 4 is 17.6 Å². The lowest BCUT2D eigenvalue weighted by atomic mass is 10.1. The highest BCUT2D eigenvalue weighted by molar-refractivity contribution is 6.39. The molecule has 31 heavy (non-hydrogen) atoms. The van der Waals surface area contributed by atoms with E-state index in [-0.39, 0.29) is 5.78 Å². The van der Waals surface area contributed by atoms with Gasteiger partial charge in [-0.1, -0.05) is 70.4 Å². The number of ketones is 1. The molecule has 1 rings (SSSR count). The van der Waals surface area contributed by atoms with Gasteiger partial charge in [-0.05, 0) is 39.0 Å². The number of aliphatic hydroxyl groups is 1. The van der Waals surface area contributed by atoms with E-state index in [0.29, 0.717) is 25.3 Å². The molecule has 0 fully saturated rings. The van der Waals surface area contributed by atoms with Crippen LogP contribution in [0.5, 0.6) is 0 Å². The molecule has 0 aromatic carbocycles. The first-order valence-corrected chi connectivity index (χ1v) is 12.3. The van der Waals surface area contributed by atoms with Gasteiger partial charge in [-0.2, -0.15) is 0 Å². The smallest absolute Gasteiger partial charge is 0.300 e. The van der Waals surface area contributed by atoms with Crippen LogP contribution in [0.1, 0.15) is 111 Å². The minimum Gasteiger partial charge on any atom is -0.481 e. The second kappa shape index (κ2) is 20.2. The van der Waals surface area contributed by atoms with E-state index in [1.165, 1.54) is 70.6 Å². The number of allylic oxidation sites excluding steroid dienone is 2. The van der Waals surface area contributed by atoms with Gasteiger partial charge in [0.15, 0.2) is 11.6 Å². The van der Waals surface area contributed by atoms with Crippen LogP contribution in [0.25, 0.3) is 0 Å². The Morgan fingerprint density at radius 1 is 0.968 bits per heavy atom. The average Bonchev–Trinajstić information content (AvgIpc) is 3.21. The summed E-state index contributed by atoms with van der Waals surface area (Å²) in [5, 5.41) is 17.1. The number of unbranched alkanes of at least 4 members (excludes halogenated alkanes) is 11. The molecule has 1 aliphatic heterocycles. The van der Waals surface area contributed by atoms with Crippen LogP contribution in [-0.4, -0.2) is 52.0 Å². The summed E-state index contributed by atoms with van der Waals surface area (Å²) in [6, 6.07) is 0. The van der Waals surface area contributed by atoms with Gasteiger partial charge >= 0.3 is 0 Å². The Labute approximate surface area is 189 Å². The number of carbonyl (C=O) groups is 2. The molecule has 1 heterocycles. The zero-order valence-corrected chi connectivity index (χ0v) is 20.2. The summed E-state index contributed by atoms with van der Waals surface area (Å²) in [7, 11) is 0. The zero-order valence-electron chi connectivity index (χ0n) is 20.2. The van der Waals surface area contributed by atoms with Crippen molar-refractivity contribution in [3.63, 3.8) is 0 Å². The van der Waals surface area contributed by atoms with Crippen LogP contribution in [0, 0.1) is 0 Å². The maximum atomic E-state index is 12.2. The molecule has 0 aromatic rings. The van der Waals surface area contributed by atoms with E-state index in [9.17, 15) is 9.90 Å². The predicted molar refractivity (Wildman–Crippen MR) is 128 cm³/mol. The van der Waals surface area contributed by atoms with Crippen molar-refractivity contribution in [1.29, 1.82) is 0 Å². The molecule has 0 spiro atoms. The third-order valence-electron chi connectivity index (χ3n) is 5.24. The van der Waals surface area contributed by atoms with E-state index >= 15 is 0 Å². The highest BCUT2D eigenvalue weighted by Crippen LogP contribution is 2.12. The van der Waals surface area contributed by atoms with E-state index in [2.05, 4.69) is 24.1 Å². The molecule has 0 bridgehead atoms. The number of hydrogen-bond acceptors (Lipinski definition) is 5. The third-order valence-corrected chi connectivity index (χ3v) is 5.24. The molecule has 0 saturated heterocycles. The van der Waals surface area contributed by atoms with Gasteiger partial charge in [0.1, 0.15) is 6.23 Å². The molecular formula is C25H46N2O4. The lowest BCUT2D eigenvalue weighted by molar-refractivity contribution is -0.134. The van der Waals surface area contributed by atoms with Gasteiger partial charge < -0.3 is 15.1 Å². The lowest BCUT2D eigenvalue weighted by Crippen LogP contribution is -2.39. The van der Waals surface area contributed by atoms with Gasteiger partial charge in [0.05, 0.1) is 6.54 Å². The topological polar surface area (TPSA) is 90.2 Å². The summed E-state index contributed by atoms with van der Waals surface area (Å²) < 4.78 is 0. The van der Waals surface area contributed by atoms with Crippen LogP contribution in [0.15, 0.2) is 17.1 Å². The van der Waals surface area contributed by atoms with Crippen LogP contribution in [0.3, 0.4) is 0 Å². The molecule has 6 nitrogen and oxygen atoms in total. The highest BCUT2D eigenvalue weighted by atomic mass is 16.4. The lowest BCUT2D eigenvalue weighted by Gasteiger charge is -2.22. The SMILES string of the molecule is CC(=O)O.CCCCCCCCC=CCCCCCCCC(=O)C1=NCCN1C(C)O. The summed E-state index contributed by atoms with van der Waals surface area (Å²) >= 11 is 0. The number of hydrogen-bond donors (Lipinski definition) is 2. The van der Waals surface area contributed by atoms with Crippen molar-refractivity contribution in [2.75, 3.05) is 13.1 Å². The minimum absolute atomic E-state index is 0.0889. The van der Waals surface area contributed by atoms with Crippen molar-refractivity contribution in [1.82, 2.24) is 4.90 Å². The van der Waals surface area contributed by atoms with E-state index in [1.807, 2.05) is 0 Å². The Balaban J connectivity index is 0.00000206. The Kier molecular flexibility index (Phi) is 19.1. The van der Waals surface area contributed by atoms with Gasteiger partial charge in [0.25, 0.3) is 5.97 Å². The molecule has 0 amide bonds. The van der Waals surface area contributed by atoms with Gasteiger partial charge in [-0.25, -0.2) is 0 Å². The van der Waals surface area contributed by atoms with Crippen LogP contribution < -0.4 is 0 Å². The van der Waals surface area contributed by atoms with Gasteiger partial charge in [0, 0.05) is 19.9 Å². The van der Waals surface area contributed by atoms with Crippen molar-refractivity contribution in [2.45, 2.75) is 117 Å². The minimum atomic E-state index is -0.833. The normalized spacial score (nSPS) is 14.3. The molecule has 1 atom stereocenters. The average molecular weight is 439 g/mol. The second-order valence-electron chi connectivity index (χ2n) is 8.31. The first-order valence-electron chi connectivity index (χ1n) is 12.3. The van der Waals surface area contributed by atoms with Crippen molar-refractivity contribution in [3.05, 3.63) is 12.2 Å². The fourth-order valence-electron chi connectivity index (χ4n) is 3.54. The monoisotopic (exact) mass is 438 g/mol. The zero-order chi connectivity index (χ0) is 23.3. The summed E-state index contributed by atoms with van der Waals surface area (Å²) in [4.78, 5) is 27.2. The number of carboxylic acid groups (broad SMARTS) is 1. The van der Waals surface area contributed by atoms with Crippen molar-refractivity contribution < 1.29 is 19.8 Å². The number of aliphatic hydroxyl groups excluding tert-OH is 1. The molecule has 1 unspecified atom stereocenters. The molecule has 0 radical (unpaired) electrons. The number of aliphatic carboxylic acids is 1. The third kappa shape index (κ3) is 17.7.